The summed E-state index contributed by atoms with van der Waals surface area (Å²) in [7, 11) is 3.76. The second-order valence-corrected chi connectivity index (χ2v) is 12.9. The van der Waals surface area contributed by atoms with Crippen LogP contribution in [0.3, 0.4) is 0 Å². The van der Waals surface area contributed by atoms with Gasteiger partial charge in [-0.05, 0) is 73.6 Å². The van der Waals surface area contributed by atoms with Crippen LogP contribution in [0.25, 0.3) is 22.2 Å². The van der Waals surface area contributed by atoms with Crippen LogP contribution in [0, 0.1) is 5.41 Å². The van der Waals surface area contributed by atoms with Gasteiger partial charge in [0.2, 0.25) is 11.8 Å². The van der Waals surface area contributed by atoms with E-state index in [1.165, 1.54) is 47.0 Å². The fourth-order valence-corrected chi connectivity index (χ4v) is 8.05. The zero-order valence-electron chi connectivity index (χ0n) is 24.4. The zero-order valence-corrected chi connectivity index (χ0v) is 24.4. The van der Waals surface area contributed by atoms with Crippen LogP contribution in [-0.2, 0) is 11.3 Å². The molecule has 0 spiro atoms. The van der Waals surface area contributed by atoms with Crippen LogP contribution in [0.5, 0.6) is 5.75 Å². The number of hydrogen-bond donors (Lipinski definition) is 1. The number of likely N-dealkylation sites (N-methyl/N-ethyl adjacent to an activating group) is 1. The highest BCUT2D eigenvalue weighted by Crippen LogP contribution is 2.66. The zero-order chi connectivity index (χ0) is 28.6. The van der Waals surface area contributed by atoms with Crippen LogP contribution >= 0.6 is 0 Å². The van der Waals surface area contributed by atoms with E-state index in [0.29, 0.717) is 31.1 Å². The average molecular weight is 553 g/mol. The third-order valence-electron chi connectivity index (χ3n) is 10.5. The van der Waals surface area contributed by atoms with E-state index < -0.39 is 11.3 Å². The van der Waals surface area contributed by atoms with Crippen molar-refractivity contribution in [2.75, 3.05) is 27.2 Å². The summed E-state index contributed by atoms with van der Waals surface area (Å²) in [6.07, 6.45) is 6.84. The lowest BCUT2D eigenvalue weighted by Gasteiger charge is -2.42. The molecular weight excluding hydrogens is 512 g/mol. The summed E-state index contributed by atoms with van der Waals surface area (Å²) >= 11 is 0. The normalized spacial score (nSPS) is 25.8. The maximum Gasteiger partial charge on any atom is 0.248 e. The monoisotopic (exact) mass is 552 g/mol. The Morgan fingerprint density at radius 2 is 1.88 bits per heavy atom. The second-order valence-electron chi connectivity index (χ2n) is 12.9. The first-order chi connectivity index (χ1) is 19.7. The summed E-state index contributed by atoms with van der Waals surface area (Å²) < 4.78 is 8.07. The number of methoxy groups -OCH3 is 1. The molecule has 3 heterocycles. The van der Waals surface area contributed by atoms with Gasteiger partial charge in [0.1, 0.15) is 5.75 Å². The first kappa shape index (κ1) is 26.2. The minimum atomic E-state index is -0.555. The molecule has 2 aliphatic carbocycles. The molecule has 214 valence electrons. The number of primary amides is 1. The third kappa shape index (κ3) is 3.92. The van der Waals surface area contributed by atoms with Gasteiger partial charge in [-0.15, -0.1) is 0 Å². The molecule has 7 rings (SSSR count). The van der Waals surface area contributed by atoms with Gasteiger partial charge in [0.25, 0.3) is 0 Å². The second kappa shape index (κ2) is 9.40. The molecule has 0 radical (unpaired) electrons. The lowest BCUT2D eigenvalue weighted by Crippen LogP contribution is -2.53. The van der Waals surface area contributed by atoms with Crippen LogP contribution in [-0.4, -0.2) is 59.5 Å². The minimum Gasteiger partial charge on any atom is -0.497 e. The molecule has 2 amide bonds. The molecule has 2 aromatic carbocycles. The lowest BCUT2D eigenvalue weighted by molar-refractivity contribution is -0.139. The van der Waals surface area contributed by atoms with Crippen LogP contribution < -0.4 is 10.5 Å². The highest BCUT2D eigenvalue weighted by Gasteiger charge is 2.64. The van der Waals surface area contributed by atoms with E-state index in [-0.39, 0.29) is 17.9 Å². The highest BCUT2D eigenvalue weighted by atomic mass is 16.5. The molecular formula is C34H40N4O3. The molecule has 3 atom stereocenters. The number of ether oxygens (including phenoxy) is 1. The largest absolute Gasteiger partial charge is 0.497 e. The number of hydrogen-bond acceptors (Lipinski definition) is 4. The average Bonchev–Trinajstić information content (AvgIpc) is 3.65. The molecule has 1 aromatic heterocycles. The summed E-state index contributed by atoms with van der Waals surface area (Å²) in [5.74, 6) is 1.15. The summed E-state index contributed by atoms with van der Waals surface area (Å²) in [5, 5.41) is 1.18. The van der Waals surface area contributed by atoms with Crippen LogP contribution in [0.15, 0.2) is 48.7 Å². The summed E-state index contributed by atoms with van der Waals surface area (Å²) in [6.45, 7) is 8.24. The van der Waals surface area contributed by atoms with Gasteiger partial charge in [-0.2, -0.15) is 0 Å². The van der Waals surface area contributed by atoms with Crippen molar-refractivity contribution < 1.29 is 14.3 Å². The summed E-state index contributed by atoms with van der Waals surface area (Å²) in [5.41, 5.74) is 12.7. The van der Waals surface area contributed by atoms with E-state index in [2.05, 4.69) is 48.2 Å². The molecule has 3 fully saturated rings. The van der Waals surface area contributed by atoms with Crippen molar-refractivity contribution in [3.8, 4) is 17.0 Å². The third-order valence-corrected chi connectivity index (χ3v) is 10.5. The van der Waals surface area contributed by atoms with Gasteiger partial charge in [0.15, 0.2) is 0 Å². The summed E-state index contributed by atoms with van der Waals surface area (Å²) in [6, 6.07) is 12.5. The predicted octanol–water partition coefficient (Wildman–Crippen LogP) is 5.63. The van der Waals surface area contributed by atoms with E-state index in [1.807, 2.05) is 23.1 Å². The molecule has 3 unspecified atom stereocenters. The quantitative estimate of drug-likeness (QED) is 0.455. The van der Waals surface area contributed by atoms with Gasteiger partial charge in [-0.25, -0.2) is 0 Å². The Kier molecular flexibility index (Phi) is 6.00. The minimum absolute atomic E-state index is 0.108. The highest BCUT2D eigenvalue weighted by molar-refractivity contribution is 6.01. The number of benzene rings is 2. The van der Waals surface area contributed by atoms with Crippen molar-refractivity contribution in [2.45, 2.75) is 69.9 Å². The van der Waals surface area contributed by atoms with Crippen molar-refractivity contribution in [1.82, 2.24) is 14.4 Å². The maximum atomic E-state index is 14.6. The Morgan fingerprint density at radius 1 is 1.10 bits per heavy atom. The Morgan fingerprint density at radius 3 is 2.59 bits per heavy atom. The number of nitrogens with two attached hydrogens (primary N) is 1. The maximum absolute atomic E-state index is 14.6. The predicted molar refractivity (Wildman–Crippen MR) is 161 cm³/mol. The Bertz CT molecular complexity index is 1600. The molecule has 41 heavy (non-hydrogen) atoms. The van der Waals surface area contributed by atoms with Crippen molar-refractivity contribution in [3.63, 3.8) is 0 Å². The van der Waals surface area contributed by atoms with Gasteiger partial charge < -0.3 is 24.8 Å². The number of carbonyl (C=O) groups excluding carboxylic acids is 2. The van der Waals surface area contributed by atoms with Crippen molar-refractivity contribution in [1.29, 1.82) is 0 Å². The number of fused-ring (bicyclic) bond motifs is 7. The van der Waals surface area contributed by atoms with Crippen LogP contribution in [0.1, 0.15) is 78.8 Å². The SMILES string of the molecule is C=C1CN(C(=O)C23CC2c2cc(OC)ccc2-c2c(C4CCCCC4)c4ccc(C(N)=O)cc4n2C3)CC(C)N1C. The molecule has 0 bridgehead atoms. The molecule has 2 saturated carbocycles. The molecule has 3 aromatic rings. The summed E-state index contributed by atoms with van der Waals surface area (Å²) in [4.78, 5) is 31.1. The number of carbonyl (C=O) groups is 2. The van der Waals surface area contributed by atoms with Gasteiger partial charge >= 0.3 is 0 Å². The lowest BCUT2D eigenvalue weighted by atomic mass is 9.81. The fourth-order valence-electron chi connectivity index (χ4n) is 8.05. The fraction of sp³-hybridized carbons (Fsp3) is 0.471. The molecule has 2 aliphatic heterocycles. The topological polar surface area (TPSA) is 80.8 Å². The van der Waals surface area contributed by atoms with E-state index in [9.17, 15) is 9.59 Å². The number of amides is 2. The van der Waals surface area contributed by atoms with Gasteiger partial charge in [-0.1, -0.05) is 31.9 Å². The Balaban J connectivity index is 1.45. The van der Waals surface area contributed by atoms with Gasteiger partial charge in [0.05, 0.1) is 24.8 Å². The Labute approximate surface area is 241 Å². The van der Waals surface area contributed by atoms with E-state index in [4.69, 9.17) is 10.5 Å². The van der Waals surface area contributed by atoms with Crippen molar-refractivity contribution >= 4 is 22.7 Å². The van der Waals surface area contributed by atoms with Crippen LogP contribution in [0.4, 0.5) is 0 Å². The number of nitrogens with zero attached hydrogens (tertiary/aromatic N) is 3. The number of rotatable bonds is 4. The van der Waals surface area contributed by atoms with Gasteiger partial charge in [0, 0.05) is 59.8 Å². The van der Waals surface area contributed by atoms with Gasteiger partial charge in [-0.3, -0.25) is 9.59 Å². The molecule has 2 N–H and O–H groups in total. The first-order valence-corrected chi connectivity index (χ1v) is 15.1. The molecule has 7 heteroatoms. The van der Waals surface area contributed by atoms with Crippen molar-refractivity contribution in [2.24, 2.45) is 11.1 Å². The van der Waals surface area contributed by atoms with Crippen molar-refractivity contribution in [3.05, 3.63) is 65.4 Å². The van der Waals surface area contributed by atoms with E-state index in [0.717, 1.165) is 36.2 Å². The molecule has 7 nitrogen and oxygen atoms in total. The van der Waals surface area contributed by atoms with E-state index in [1.54, 1.807) is 7.11 Å². The smallest absolute Gasteiger partial charge is 0.248 e. The Hall–Kier alpha value is -3.74. The number of piperazine rings is 1. The first-order valence-electron chi connectivity index (χ1n) is 15.1. The molecule has 4 aliphatic rings. The van der Waals surface area contributed by atoms with Crippen LogP contribution in [0.2, 0.25) is 0 Å². The standard InChI is InChI=1S/C34H40N4O3/c1-20-17-37(18-21(2)36(20)3)33(40)34-16-28(34)27-15-24(41-4)11-13-25(27)31-30(22-8-6-5-7-9-22)26-12-10-23(32(35)39)14-29(26)38(31)19-34/h10-15,21-22,28H,1,5-9,16-19H2,2-4H3,(H2,35,39). The number of aromatic nitrogens is 1. The van der Waals surface area contributed by atoms with E-state index >= 15 is 0 Å². The molecule has 1 saturated heterocycles.